The van der Waals surface area contributed by atoms with Crippen molar-refractivity contribution >= 4 is 52.4 Å². The molecule has 4 nitrogen and oxygen atoms in total. The molecule has 112 valence electrons. The summed E-state index contributed by atoms with van der Waals surface area (Å²) in [4.78, 5) is 10.8. The van der Waals surface area contributed by atoms with Crippen LogP contribution in [0.4, 0.5) is 0 Å². The van der Waals surface area contributed by atoms with E-state index >= 15 is 0 Å². The Morgan fingerprint density at radius 1 is 1.33 bits per heavy atom. The van der Waals surface area contributed by atoms with Crippen LogP contribution in [0, 0.1) is 0 Å². The average molecular weight is 360 g/mol. The largest absolute Gasteiger partial charge is 0.369 e. The fraction of sp³-hybridized carbons (Fsp3) is 0.308. The number of primary amides is 1. The van der Waals surface area contributed by atoms with Crippen molar-refractivity contribution in [3.8, 4) is 0 Å². The van der Waals surface area contributed by atoms with Crippen LogP contribution in [0.25, 0.3) is 0 Å². The zero-order valence-electron chi connectivity index (χ0n) is 11.3. The first-order valence-corrected chi connectivity index (χ1v) is 9.31. The highest BCUT2D eigenvalue weighted by Gasteiger charge is 2.15. The van der Waals surface area contributed by atoms with Crippen LogP contribution in [0.5, 0.6) is 0 Å². The van der Waals surface area contributed by atoms with Crippen molar-refractivity contribution in [2.75, 3.05) is 5.75 Å². The molecule has 1 atom stereocenters. The van der Waals surface area contributed by atoms with Crippen molar-refractivity contribution in [3.05, 3.63) is 34.9 Å². The summed E-state index contributed by atoms with van der Waals surface area (Å²) in [5.41, 5.74) is 6.33. The molecule has 0 saturated carbocycles. The molecule has 8 heteroatoms. The number of hydrogen-bond donors (Lipinski definition) is 1. The van der Waals surface area contributed by atoms with Crippen LogP contribution in [-0.2, 0) is 4.79 Å². The number of benzene rings is 1. The van der Waals surface area contributed by atoms with Gasteiger partial charge in [0, 0.05) is 10.3 Å². The third kappa shape index (κ3) is 5.18. The Balaban J connectivity index is 2.01. The third-order valence-corrected chi connectivity index (χ3v) is 6.42. The third-order valence-electron chi connectivity index (χ3n) is 2.58. The molecule has 0 unspecified atom stereocenters. The Morgan fingerprint density at radius 2 is 2.00 bits per heavy atom. The lowest BCUT2D eigenvalue weighted by Gasteiger charge is -2.12. The molecule has 0 saturated heterocycles. The number of thioether (sulfide) groups is 2. The van der Waals surface area contributed by atoms with E-state index in [0.29, 0.717) is 5.25 Å². The fourth-order valence-corrected chi connectivity index (χ4v) is 4.80. The molecule has 0 aliphatic rings. The molecule has 2 rings (SSSR count). The highest BCUT2D eigenvalue weighted by molar-refractivity contribution is 8.03. The summed E-state index contributed by atoms with van der Waals surface area (Å²) in [5.74, 6) is -0.120. The van der Waals surface area contributed by atoms with Crippen LogP contribution in [0.1, 0.15) is 24.2 Å². The van der Waals surface area contributed by atoms with Gasteiger partial charge in [-0.25, -0.2) is 0 Å². The first-order chi connectivity index (χ1) is 10.1. The standard InChI is InChI=1S/C13H14ClN3OS3/c1-2-10(8-3-5-9(14)6-4-8)20-13-17-16-12(21-13)19-7-11(15)18/h3-6,10H,2,7H2,1H3,(H2,15,18)/t10-/m0/s1. The number of carbonyl (C=O) groups excluding carboxylic acids is 1. The van der Waals surface area contributed by atoms with E-state index in [1.165, 1.54) is 28.7 Å². The number of carbonyl (C=O) groups is 1. The summed E-state index contributed by atoms with van der Waals surface area (Å²) in [7, 11) is 0. The van der Waals surface area contributed by atoms with Gasteiger partial charge >= 0.3 is 0 Å². The minimum absolute atomic E-state index is 0.230. The maximum Gasteiger partial charge on any atom is 0.227 e. The van der Waals surface area contributed by atoms with Crippen LogP contribution in [0.3, 0.4) is 0 Å². The molecular weight excluding hydrogens is 346 g/mol. The van der Waals surface area contributed by atoms with Gasteiger partial charge in [-0.05, 0) is 24.1 Å². The quantitative estimate of drug-likeness (QED) is 0.756. The molecule has 0 radical (unpaired) electrons. The van der Waals surface area contributed by atoms with Gasteiger partial charge in [-0.15, -0.1) is 10.2 Å². The summed E-state index contributed by atoms with van der Waals surface area (Å²) >= 11 is 10.4. The predicted molar refractivity (Wildman–Crippen MR) is 90.2 cm³/mol. The molecule has 21 heavy (non-hydrogen) atoms. The van der Waals surface area contributed by atoms with E-state index in [0.717, 1.165) is 20.1 Å². The van der Waals surface area contributed by atoms with Gasteiger partial charge in [0.2, 0.25) is 5.91 Å². The van der Waals surface area contributed by atoms with E-state index < -0.39 is 0 Å². The van der Waals surface area contributed by atoms with Gasteiger partial charge in [-0.2, -0.15) is 0 Å². The summed E-state index contributed by atoms with van der Waals surface area (Å²) < 4.78 is 1.66. The molecule has 2 aromatic rings. The van der Waals surface area contributed by atoms with E-state index in [1.54, 1.807) is 11.8 Å². The van der Waals surface area contributed by atoms with Gasteiger partial charge < -0.3 is 5.73 Å². The highest BCUT2D eigenvalue weighted by Crippen LogP contribution is 2.40. The summed E-state index contributed by atoms with van der Waals surface area (Å²) in [6.07, 6.45) is 0.982. The van der Waals surface area contributed by atoms with E-state index in [2.05, 4.69) is 17.1 Å². The first kappa shape index (κ1) is 16.6. The Bertz CT molecular complexity index is 603. The van der Waals surface area contributed by atoms with Gasteiger partial charge in [0.1, 0.15) is 0 Å². The second-order valence-electron chi connectivity index (χ2n) is 4.16. The van der Waals surface area contributed by atoms with E-state index in [-0.39, 0.29) is 11.7 Å². The average Bonchev–Trinajstić information content (AvgIpc) is 2.91. The topological polar surface area (TPSA) is 68.9 Å². The van der Waals surface area contributed by atoms with Crippen LogP contribution >= 0.6 is 46.5 Å². The molecule has 0 aliphatic heterocycles. The van der Waals surface area contributed by atoms with Crippen molar-refractivity contribution in [1.29, 1.82) is 0 Å². The van der Waals surface area contributed by atoms with Crippen LogP contribution in [-0.4, -0.2) is 21.9 Å². The molecule has 1 heterocycles. The molecule has 0 fully saturated rings. The monoisotopic (exact) mass is 359 g/mol. The van der Waals surface area contributed by atoms with E-state index in [1.807, 2.05) is 24.3 Å². The summed E-state index contributed by atoms with van der Waals surface area (Å²) in [5, 5.41) is 9.27. The Morgan fingerprint density at radius 3 is 2.62 bits per heavy atom. The molecule has 0 spiro atoms. The van der Waals surface area contributed by atoms with Gasteiger partial charge in [0.15, 0.2) is 8.68 Å². The second-order valence-corrected chi connectivity index (χ2v) is 8.24. The first-order valence-electron chi connectivity index (χ1n) is 6.25. The Labute approximate surface area is 140 Å². The van der Waals surface area contributed by atoms with Crippen molar-refractivity contribution in [3.63, 3.8) is 0 Å². The molecule has 2 N–H and O–H groups in total. The van der Waals surface area contributed by atoms with Gasteiger partial charge in [-0.3, -0.25) is 4.79 Å². The van der Waals surface area contributed by atoms with Gasteiger partial charge in [0.05, 0.1) is 5.75 Å². The predicted octanol–water partition coefficient (Wildman–Crippen LogP) is 4.01. The number of hydrogen-bond acceptors (Lipinski definition) is 6. The maximum atomic E-state index is 10.8. The van der Waals surface area contributed by atoms with Crippen LogP contribution in [0.15, 0.2) is 32.9 Å². The number of nitrogens with zero attached hydrogens (tertiary/aromatic N) is 2. The van der Waals surface area contributed by atoms with E-state index in [9.17, 15) is 4.79 Å². The SMILES string of the molecule is CC[C@H](Sc1nnc(SCC(N)=O)s1)c1ccc(Cl)cc1. The zero-order chi connectivity index (χ0) is 15.2. The van der Waals surface area contributed by atoms with Crippen LogP contribution in [0.2, 0.25) is 5.02 Å². The van der Waals surface area contributed by atoms with Crippen molar-refractivity contribution in [1.82, 2.24) is 10.2 Å². The number of nitrogens with two attached hydrogens (primary N) is 1. The van der Waals surface area contributed by atoms with Gasteiger partial charge in [-0.1, -0.05) is 65.5 Å². The molecule has 1 amide bonds. The smallest absolute Gasteiger partial charge is 0.227 e. The lowest BCUT2D eigenvalue weighted by molar-refractivity contribution is -0.115. The lowest BCUT2D eigenvalue weighted by Crippen LogP contribution is -2.12. The number of rotatable bonds is 7. The molecule has 1 aromatic heterocycles. The van der Waals surface area contributed by atoms with E-state index in [4.69, 9.17) is 17.3 Å². The number of aromatic nitrogens is 2. The van der Waals surface area contributed by atoms with Crippen molar-refractivity contribution in [2.45, 2.75) is 27.3 Å². The molecular formula is C13H14ClN3OS3. The summed E-state index contributed by atoms with van der Waals surface area (Å²) in [6, 6.07) is 7.86. The number of halogens is 1. The minimum Gasteiger partial charge on any atom is -0.369 e. The molecule has 1 aromatic carbocycles. The molecule has 0 bridgehead atoms. The second kappa shape index (κ2) is 8.03. The molecule has 0 aliphatic carbocycles. The van der Waals surface area contributed by atoms with Gasteiger partial charge in [0.25, 0.3) is 0 Å². The lowest BCUT2D eigenvalue weighted by atomic mass is 10.1. The normalized spacial score (nSPS) is 12.3. The van der Waals surface area contributed by atoms with Crippen LogP contribution < -0.4 is 5.73 Å². The Kier molecular flexibility index (Phi) is 6.35. The number of amides is 1. The zero-order valence-corrected chi connectivity index (χ0v) is 14.5. The minimum atomic E-state index is -0.350. The maximum absolute atomic E-state index is 10.8. The Hall–Kier alpha value is -0.760. The van der Waals surface area contributed by atoms with Crippen molar-refractivity contribution in [2.24, 2.45) is 5.73 Å². The summed E-state index contributed by atoms with van der Waals surface area (Å²) in [6.45, 7) is 2.13. The van der Waals surface area contributed by atoms with Crippen molar-refractivity contribution < 1.29 is 4.79 Å². The highest BCUT2D eigenvalue weighted by atomic mass is 35.5. The fourth-order valence-electron chi connectivity index (χ4n) is 1.62.